The maximum Gasteiger partial charge on any atom is 0.302 e. The number of allylic oxidation sites excluding steroid dienone is 1. The molecule has 2 nitrogen and oxygen atoms in total. The molecule has 14 heavy (non-hydrogen) atoms. The first-order chi connectivity index (χ1) is 6.58. The number of carbonyl (C=O) groups excluding carboxylic acids is 1. The van der Waals surface area contributed by atoms with Crippen LogP contribution >= 0.6 is 0 Å². The Morgan fingerprint density at radius 1 is 1.29 bits per heavy atom. The molecule has 2 aliphatic rings. The van der Waals surface area contributed by atoms with Gasteiger partial charge in [-0.1, -0.05) is 11.1 Å². The summed E-state index contributed by atoms with van der Waals surface area (Å²) >= 11 is 0. The van der Waals surface area contributed by atoms with E-state index >= 15 is 0 Å². The van der Waals surface area contributed by atoms with E-state index in [1.165, 1.54) is 25.3 Å². The standard InChI is InChI=1S/C12H18O2/c1-7(2)10-4-9-5-11(10)12(6-9)14-8(3)13/h9,11-12H,4-6H2,1-3H3/t9-,11-,12+/m0/s1. The Labute approximate surface area is 85.3 Å². The van der Waals surface area contributed by atoms with Crippen LogP contribution in [-0.4, -0.2) is 12.1 Å². The summed E-state index contributed by atoms with van der Waals surface area (Å²) in [4.78, 5) is 10.9. The molecule has 0 heterocycles. The van der Waals surface area contributed by atoms with Crippen LogP contribution in [0.3, 0.4) is 0 Å². The third kappa shape index (κ3) is 1.58. The molecule has 2 fully saturated rings. The number of ether oxygens (including phenoxy) is 1. The van der Waals surface area contributed by atoms with E-state index in [9.17, 15) is 4.79 Å². The Morgan fingerprint density at radius 2 is 2.00 bits per heavy atom. The first kappa shape index (κ1) is 9.75. The van der Waals surface area contributed by atoms with Crippen LogP contribution in [0.25, 0.3) is 0 Å². The monoisotopic (exact) mass is 194 g/mol. The van der Waals surface area contributed by atoms with Gasteiger partial charge in [0.15, 0.2) is 0 Å². The van der Waals surface area contributed by atoms with Crippen molar-refractivity contribution in [3.8, 4) is 0 Å². The minimum Gasteiger partial charge on any atom is -0.462 e. The van der Waals surface area contributed by atoms with E-state index in [-0.39, 0.29) is 12.1 Å². The smallest absolute Gasteiger partial charge is 0.302 e. The average Bonchev–Trinajstić information content (AvgIpc) is 2.60. The lowest BCUT2D eigenvalue weighted by Gasteiger charge is -2.25. The van der Waals surface area contributed by atoms with E-state index in [2.05, 4.69) is 13.8 Å². The van der Waals surface area contributed by atoms with Crippen molar-refractivity contribution in [3.63, 3.8) is 0 Å². The van der Waals surface area contributed by atoms with Gasteiger partial charge in [-0.05, 0) is 39.0 Å². The molecule has 0 N–H and O–H groups in total. The molecule has 3 atom stereocenters. The van der Waals surface area contributed by atoms with Gasteiger partial charge >= 0.3 is 5.97 Å². The van der Waals surface area contributed by atoms with Crippen molar-refractivity contribution in [2.75, 3.05) is 0 Å². The molecule has 2 bridgehead atoms. The Bertz CT molecular complexity index is 287. The fourth-order valence-electron chi connectivity index (χ4n) is 3.01. The van der Waals surface area contributed by atoms with Gasteiger partial charge in [0.05, 0.1) is 0 Å². The van der Waals surface area contributed by atoms with Crippen molar-refractivity contribution in [1.82, 2.24) is 0 Å². The van der Waals surface area contributed by atoms with Crippen molar-refractivity contribution < 1.29 is 9.53 Å². The number of rotatable bonds is 1. The van der Waals surface area contributed by atoms with Crippen molar-refractivity contribution in [3.05, 3.63) is 11.1 Å². The molecule has 0 aliphatic heterocycles. The van der Waals surface area contributed by atoms with Gasteiger partial charge in [0.25, 0.3) is 0 Å². The van der Waals surface area contributed by atoms with Crippen molar-refractivity contribution in [2.45, 2.75) is 46.1 Å². The number of hydrogen-bond acceptors (Lipinski definition) is 2. The van der Waals surface area contributed by atoms with Gasteiger partial charge in [0.2, 0.25) is 0 Å². The van der Waals surface area contributed by atoms with E-state index in [4.69, 9.17) is 4.74 Å². The summed E-state index contributed by atoms with van der Waals surface area (Å²) in [6.45, 7) is 5.84. The van der Waals surface area contributed by atoms with Crippen molar-refractivity contribution in [2.24, 2.45) is 11.8 Å². The molecule has 0 aromatic heterocycles. The van der Waals surface area contributed by atoms with E-state index in [0.29, 0.717) is 5.92 Å². The maximum atomic E-state index is 10.9. The Hall–Kier alpha value is -0.790. The normalized spacial score (nSPS) is 34.8. The number of hydrogen-bond donors (Lipinski definition) is 0. The maximum absolute atomic E-state index is 10.9. The molecule has 2 rings (SSSR count). The van der Waals surface area contributed by atoms with Crippen LogP contribution < -0.4 is 0 Å². The molecule has 0 aromatic carbocycles. The Balaban J connectivity index is 2.12. The highest BCUT2D eigenvalue weighted by Gasteiger charge is 2.44. The van der Waals surface area contributed by atoms with Crippen LogP contribution in [0, 0.1) is 11.8 Å². The number of esters is 1. The highest BCUT2D eigenvalue weighted by atomic mass is 16.5. The second kappa shape index (κ2) is 3.41. The molecule has 0 radical (unpaired) electrons. The third-order valence-corrected chi connectivity index (χ3v) is 3.52. The van der Waals surface area contributed by atoms with Crippen molar-refractivity contribution in [1.29, 1.82) is 0 Å². The second-order valence-corrected chi connectivity index (χ2v) is 4.82. The van der Waals surface area contributed by atoms with Crippen LogP contribution in [0.15, 0.2) is 11.1 Å². The Kier molecular flexibility index (Phi) is 2.38. The largest absolute Gasteiger partial charge is 0.462 e. The average molecular weight is 194 g/mol. The summed E-state index contributed by atoms with van der Waals surface area (Å²) in [7, 11) is 0. The van der Waals surface area contributed by atoms with Gasteiger partial charge in [0, 0.05) is 12.8 Å². The molecule has 0 spiro atoms. The van der Waals surface area contributed by atoms with E-state index in [0.717, 1.165) is 12.3 Å². The lowest BCUT2D eigenvalue weighted by Crippen LogP contribution is -2.24. The quantitative estimate of drug-likeness (QED) is 0.474. The summed E-state index contributed by atoms with van der Waals surface area (Å²) < 4.78 is 5.35. The predicted octanol–water partition coefficient (Wildman–Crippen LogP) is 2.68. The molecule has 78 valence electrons. The molecule has 2 heteroatoms. The SMILES string of the molecule is CC(=O)O[C@@H]1C[C@H]2CC(=C(C)C)[C@@H]1C2. The third-order valence-electron chi connectivity index (χ3n) is 3.52. The van der Waals surface area contributed by atoms with Crippen LogP contribution in [0.4, 0.5) is 0 Å². The highest BCUT2D eigenvalue weighted by Crippen LogP contribution is 2.50. The summed E-state index contributed by atoms with van der Waals surface area (Å²) in [6, 6.07) is 0. The van der Waals surface area contributed by atoms with E-state index in [1.54, 1.807) is 5.57 Å². The van der Waals surface area contributed by atoms with Crippen LogP contribution in [0.5, 0.6) is 0 Å². The molecule has 0 saturated heterocycles. The predicted molar refractivity (Wildman–Crippen MR) is 54.8 cm³/mol. The summed E-state index contributed by atoms with van der Waals surface area (Å²) in [5, 5.41) is 0. The molecular weight excluding hydrogens is 176 g/mol. The van der Waals surface area contributed by atoms with Gasteiger partial charge in [0.1, 0.15) is 6.10 Å². The van der Waals surface area contributed by atoms with E-state index < -0.39 is 0 Å². The van der Waals surface area contributed by atoms with Gasteiger partial charge in [-0.2, -0.15) is 0 Å². The van der Waals surface area contributed by atoms with Gasteiger partial charge in [-0.3, -0.25) is 4.79 Å². The van der Waals surface area contributed by atoms with Gasteiger partial charge in [-0.15, -0.1) is 0 Å². The zero-order valence-electron chi connectivity index (χ0n) is 9.17. The van der Waals surface area contributed by atoms with Crippen LogP contribution in [0.1, 0.15) is 40.0 Å². The second-order valence-electron chi connectivity index (χ2n) is 4.82. The van der Waals surface area contributed by atoms with Crippen molar-refractivity contribution >= 4 is 5.97 Å². The van der Waals surface area contributed by atoms with Crippen LogP contribution in [-0.2, 0) is 9.53 Å². The van der Waals surface area contributed by atoms with Gasteiger partial charge in [-0.25, -0.2) is 0 Å². The molecule has 0 amide bonds. The number of fused-ring (bicyclic) bond motifs is 2. The minimum absolute atomic E-state index is 0.129. The van der Waals surface area contributed by atoms with E-state index in [1.807, 2.05) is 0 Å². The lowest BCUT2D eigenvalue weighted by atomic mass is 9.89. The zero-order valence-corrected chi connectivity index (χ0v) is 9.17. The fourth-order valence-corrected chi connectivity index (χ4v) is 3.01. The Morgan fingerprint density at radius 3 is 2.50 bits per heavy atom. The topological polar surface area (TPSA) is 26.3 Å². The lowest BCUT2D eigenvalue weighted by molar-refractivity contribution is -0.147. The molecule has 0 aromatic rings. The summed E-state index contributed by atoms with van der Waals surface area (Å²) in [5.74, 6) is 1.18. The van der Waals surface area contributed by atoms with Crippen LogP contribution in [0.2, 0.25) is 0 Å². The molecule has 0 unspecified atom stereocenters. The first-order valence-electron chi connectivity index (χ1n) is 5.41. The minimum atomic E-state index is -0.129. The zero-order chi connectivity index (χ0) is 10.3. The number of carbonyl (C=O) groups is 1. The fraction of sp³-hybridized carbons (Fsp3) is 0.750. The summed E-state index contributed by atoms with van der Waals surface area (Å²) in [5.41, 5.74) is 2.97. The molecular formula is C12H18O2. The summed E-state index contributed by atoms with van der Waals surface area (Å²) in [6.07, 6.45) is 3.74. The van der Waals surface area contributed by atoms with Gasteiger partial charge < -0.3 is 4.74 Å². The molecule has 2 saturated carbocycles. The highest BCUT2D eigenvalue weighted by molar-refractivity contribution is 5.66. The molecule has 2 aliphatic carbocycles. The first-order valence-corrected chi connectivity index (χ1v) is 5.41.